The van der Waals surface area contributed by atoms with E-state index in [1.165, 1.54) is 33.0 Å². The maximum absolute atomic E-state index is 12.8. The summed E-state index contributed by atoms with van der Waals surface area (Å²) in [6, 6.07) is 2.79. The minimum Gasteiger partial charge on any atom is -0.481 e. The van der Waals surface area contributed by atoms with E-state index in [1.807, 2.05) is 0 Å². The molecule has 0 saturated heterocycles. The van der Waals surface area contributed by atoms with Gasteiger partial charge < -0.3 is 15.3 Å². The number of amides is 2. The molecule has 1 atom stereocenters. The molecule has 0 aliphatic carbocycles. The van der Waals surface area contributed by atoms with Crippen LogP contribution in [0.25, 0.3) is 0 Å². The lowest BCUT2D eigenvalue weighted by Crippen LogP contribution is -2.36. The number of nitrogens with one attached hydrogen (secondary N) is 1. The fourth-order valence-electron chi connectivity index (χ4n) is 1.80. The zero-order chi connectivity index (χ0) is 17.1. The predicted octanol–water partition coefficient (Wildman–Crippen LogP) is 3.20. The van der Waals surface area contributed by atoms with Gasteiger partial charge in [0, 0.05) is 19.3 Å². The van der Waals surface area contributed by atoms with E-state index in [1.54, 1.807) is 0 Å². The lowest BCUT2D eigenvalue weighted by atomic mass is 10.1. The predicted molar refractivity (Wildman–Crippen MR) is 74.6 cm³/mol. The smallest absolute Gasteiger partial charge is 0.416 e. The first-order valence-electron chi connectivity index (χ1n) is 6.45. The average Bonchev–Trinajstić information content (AvgIpc) is 2.39. The SMILES string of the molecule is Cc1ccc(NC(=O)N(C)CC(C)C(=O)O)cc1C(F)(F)F. The molecule has 0 radical (unpaired) electrons. The molecule has 2 amide bonds. The van der Waals surface area contributed by atoms with E-state index in [9.17, 15) is 22.8 Å². The summed E-state index contributed by atoms with van der Waals surface area (Å²) in [4.78, 5) is 23.7. The Morgan fingerprint density at radius 3 is 2.45 bits per heavy atom. The van der Waals surface area contributed by atoms with Gasteiger partial charge in [-0.3, -0.25) is 4.79 Å². The molecule has 1 rings (SSSR count). The number of hydrogen-bond donors (Lipinski definition) is 2. The first kappa shape index (κ1) is 17.8. The van der Waals surface area contributed by atoms with E-state index in [0.29, 0.717) is 0 Å². The summed E-state index contributed by atoms with van der Waals surface area (Å²) in [5.41, 5.74) is -0.775. The van der Waals surface area contributed by atoms with Crippen molar-refractivity contribution in [1.82, 2.24) is 4.90 Å². The molecule has 122 valence electrons. The molecule has 0 spiro atoms. The fraction of sp³-hybridized carbons (Fsp3) is 0.429. The van der Waals surface area contributed by atoms with Gasteiger partial charge >= 0.3 is 18.2 Å². The third-order valence-electron chi connectivity index (χ3n) is 3.11. The minimum atomic E-state index is -4.51. The van der Waals surface area contributed by atoms with Crippen LogP contribution in [0.4, 0.5) is 23.7 Å². The number of carbonyl (C=O) groups excluding carboxylic acids is 1. The van der Waals surface area contributed by atoms with E-state index in [0.717, 1.165) is 11.0 Å². The summed E-state index contributed by atoms with van der Waals surface area (Å²) in [5.74, 6) is -1.84. The Balaban J connectivity index is 2.83. The van der Waals surface area contributed by atoms with Crippen LogP contribution in [0.3, 0.4) is 0 Å². The van der Waals surface area contributed by atoms with Crippen molar-refractivity contribution < 1.29 is 27.9 Å². The quantitative estimate of drug-likeness (QED) is 0.895. The second kappa shape index (κ2) is 6.67. The Morgan fingerprint density at radius 2 is 1.95 bits per heavy atom. The summed E-state index contributed by atoms with van der Waals surface area (Å²) >= 11 is 0. The maximum atomic E-state index is 12.8. The number of aryl methyl sites for hydroxylation is 1. The van der Waals surface area contributed by atoms with Gasteiger partial charge in [0.25, 0.3) is 0 Å². The van der Waals surface area contributed by atoms with Crippen LogP contribution in [0.5, 0.6) is 0 Å². The number of urea groups is 1. The normalized spacial score (nSPS) is 12.6. The Kier molecular flexibility index (Phi) is 5.40. The van der Waals surface area contributed by atoms with E-state index < -0.39 is 29.7 Å². The van der Waals surface area contributed by atoms with E-state index in [4.69, 9.17) is 5.11 Å². The number of aliphatic carboxylic acids is 1. The highest BCUT2D eigenvalue weighted by molar-refractivity contribution is 5.89. The van der Waals surface area contributed by atoms with Gasteiger partial charge in [-0.2, -0.15) is 13.2 Å². The van der Waals surface area contributed by atoms with Gasteiger partial charge in [-0.05, 0) is 24.6 Å². The third kappa shape index (κ3) is 4.64. The molecular formula is C14H17F3N2O3. The van der Waals surface area contributed by atoms with Crippen molar-refractivity contribution in [3.8, 4) is 0 Å². The highest BCUT2D eigenvalue weighted by atomic mass is 19.4. The van der Waals surface area contributed by atoms with Gasteiger partial charge in [-0.15, -0.1) is 0 Å². The van der Waals surface area contributed by atoms with Gasteiger partial charge in [-0.1, -0.05) is 13.0 Å². The topological polar surface area (TPSA) is 69.6 Å². The van der Waals surface area contributed by atoms with Crippen molar-refractivity contribution in [2.75, 3.05) is 18.9 Å². The van der Waals surface area contributed by atoms with Crippen molar-refractivity contribution in [2.45, 2.75) is 20.0 Å². The molecule has 0 aromatic heterocycles. The largest absolute Gasteiger partial charge is 0.481 e. The van der Waals surface area contributed by atoms with Crippen LogP contribution in [-0.2, 0) is 11.0 Å². The highest BCUT2D eigenvalue weighted by Gasteiger charge is 2.32. The number of halogens is 3. The molecule has 0 fully saturated rings. The molecule has 0 aliphatic heterocycles. The van der Waals surface area contributed by atoms with Gasteiger partial charge in [0.1, 0.15) is 0 Å². The second-order valence-corrected chi connectivity index (χ2v) is 5.08. The number of nitrogens with zero attached hydrogens (tertiary/aromatic N) is 1. The van der Waals surface area contributed by atoms with Crippen LogP contribution < -0.4 is 5.32 Å². The Hall–Kier alpha value is -2.25. The van der Waals surface area contributed by atoms with Crippen molar-refractivity contribution >= 4 is 17.7 Å². The number of carboxylic acid groups (broad SMARTS) is 1. The molecule has 0 heterocycles. The average molecular weight is 318 g/mol. The van der Waals surface area contributed by atoms with Crippen LogP contribution >= 0.6 is 0 Å². The van der Waals surface area contributed by atoms with Gasteiger partial charge in [0.05, 0.1) is 11.5 Å². The standard InChI is InChI=1S/C14H17F3N2O3/c1-8-4-5-10(6-11(8)14(15,16)17)18-13(22)19(3)7-9(2)12(20)21/h4-6,9H,7H2,1-3H3,(H,18,22)(H,20,21). The summed E-state index contributed by atoms with van der Waals surface area (Å²) < 4.78 is 38.4. The number of carbonyl (C=O) groups is 2. The number of alkyl halides is 3. The van der Waals surface area contributed by atoms with Crippen LogP contribution in [0.1, 0.15) is 18.1 Å². The molecule has 1 aromatic carbocycles. The maximum Gasteiger partial charge on any atom is 0.416 e. The van der Waals surface area contributed by atoms with E-state index in [2.05, 4.69) is 5.32 Å². The molecule has 8 heteroatoms. The Labute approximate surface area is 125 Å². The van der Waals surface area contributed by atoms with Gasteiger partial charge in [0.15, 0.2) is 0 Å². The first-order chi connectivity index (χ1) is 10.0. The van der Waals surface area contributed by atoms with Crippen molar-refractivity contribution in [2.24, 2.45) is 5.92 Å². The monoisotopic (exact) mass is 318 g/mol. The van der Waals surface area contributed by atoms with Crippen molar-refractivity contribution in [3.63, 3.8) is 0 Å². The van der Waals surface area contributed by atoms with Crippen LogP contribution in [0, 0.1) is 12.8 Å². The van der Waals surface area contributed by atoms with Gasteiger partial charge in [-0.25, -0.2) is 4.79 Å². The van der Waals surface area contributed by atoms with Crippen LogP contribution in [-0.4, -0.2) is 35.6 Å². The number of benzene rings is 1. The van der Waals surface area contributed by atoms with E-state index in [-0.39, 0.29) is 17.8 Å². The first-order valence-corrected chi connectivity index (χ1v) is 6.45. The molecule has 2 N–H and O–H groups in total. The molecule has 0 saturated carbocycles. The number of rotatable bonds is 4. The number of carboxylic acids is 1. The van der Waals surface area contributed by atoms with E-state index >= 15 is 0 Å². The van der Waals surface area contributed by atoms with Crippen LogP contribution in [0.15, 0.2) is 18.2 Å². The highest BCUT2D eigenvalue weighted by Crippen LogP contribution is 2.33. The molecule has 1 unspecified atom stereocenters. The molecule has 0 aliphatic rings. The summed E-state index contributed by atoms with van der Waals surface area (Å²) in [7, 11) is 1.37. The summed E-state index contributed by atoms with van der Waals surface area (Å²) in [6.07, 6.45) is -4.51. The van der Waals surface area contributed by atoms with Gasteiger partial charge in [0.2, 0.25) is 0 Å². The second-order valence-electron chi connectivity index (χ2n) is 5.08. The zero-order valence-corrected chi connectivity index (χ0v) is 12.4. The fourth-order valence-corrected chi connectivity index (χ4v) is 1.80. The zero-order valence-electron chi connectivity index (χ0n) is 12.4. The van der Waals surface area contributed by atoms with Crippen LogP contribution in [0.2, 0.25) is 0 Å². The van der Waals surface area contributed by atoms with Crippen molar-refractivity contribution in [1.29, 1.82) is 0 Å². The Bertz CT molecular complexity index is 573. The molecule has 22 heavy (non-hydrogen) atoms. The number of anilines is 1. The lowest BCUT2D eigenvalue weighted by Gasteiger charge is -2.20. The minimum absolute atomic E-state index is 0.00208. The molecule has 1 aromatic rings. The van der Waals surface area contributed by atoms with Crippen molar-refractivity contribution in [3.05, 3.63) is 29.3 Å². The number of hydrogen-bond acceptors (Lipinski definition) is 2. The molecule has 5 nitrogen and oxygen atoms in total. The molecular weight excluding hydrogens is 301 g/mol. The summed E-state index contributed by atoms with van der Waals surface area (Å²) in [5, 5.41) is 11.1. The Morgan fingerprint density at radius 1 is 1.36 bits per heavy atom. The lowest BCUT2D eigenvalue weighted by molar-refractivity contribution is -0.141. The summed E-state index contributed by atoms with van der Waals surface area (Å²) in [6.45, 7) is 2.70. The third-order valence-corrected chi connectivity index (χ3v) is 3.11. The molecule has 0 bridgehead atoms.